The van der Waals surface area contributed by atoms with E-state index in [1.54, 1.807) is 24.3 Å². The third-order valence-electron chi connectivity index (χ3n) is 3.61. The molecule has 128 valence electrons. The van der Waals surface area contributed by atoms with E-state index in [1.807, 2.05) is 6.92 Å². The Labute approximate surface area is 137 Å². The first-order chi connectivity index (χ1) is 11.4. The van der Waals surface area contributed by atoms with E-state index < -0.39 is 17.1 Å². The molecule has 0 aliphatic carbocycles. The number of aromatic nitrogens is 2. The highest BCUT2D eigenvalue weighted by molar-refractivity contribution is 5.81. The number of amides is 1. The summed E-state index contributed by atoms with van der Waals surface area (Å²) < 4.78 is 1.09. The molecule has 1 aromatic heterocycles. The number of H-pyrrole nitrogens is 1. The first-order valence-corrected chi connectivity index (χ1v) is 7.65. The number of carboxylic acids is 1. The quantitative estimate of drug-likeness (QED) is 0.762. The lowest BCUT2D eigenvalue weighted by Gasteiger charge is -2.20. The molecule has 1 amide bonds. The summed E-state index contributed by atoms with van der Waals surface area (Å²) in [5.74, 6) is -1.46. The Morgan fingerprint density at radius 1 is 1.21 bits per heavy atom. The summed E-state index contributed by atoms with van der Waals surface area (Å²) in [4.78, 5) is 48.5. The van der Waals surface area contributed by atoms with Crippen LogP contribution in [0.25, 0.3) is 10.8 Å². The summed E-state index contributed by atoms with van der Waals surface area (Å²) in [5.41, 5.74) is -0.799. The van der Waals surface area contributed by atoms with E-state index in [2.05, 4.69) is 5.10 Å². The Morgan fingerprint density at radius 3 is 2.50 bits per heavy atom. The lowest BCUT2D eigenvalue weighted by atomic mass is 10.2. The van der Waals surface area contributed by atoms with Crippen molar-refractivity contribution < 1.29 is 14.7 Å². The number of aromatic amines is 1. The van der Waals surface area contributed by atoms with Crippen LogP contribution in [-0.2, 0) is 16.1 Å². The zero-order valence-electron chi connectivity index (χ0n) is 13.3. The van der Waals surface area contributed by atoms with E-state index >= 15 is 0 Å². The Bertz CT molecular complexity index is 868. The molecule has 0 aliphatic heterocycles. The second-order valence-electron chi connectivity index (χ2n) is 5.40. The highest BCUT2D eigenvalue weighted by Crippen LogP contribution is 2.03. The number of carbonyl (C=O) groups excluding carboxylic acids is 1. The fourth-order valence-electron chi connectivity index (χ4n) is 2.49. The van der Waals surface area contributed by atoms with Crippen LogP contribution >= 0.6 is 0 Å². The van der Waals surface area contributed by atoms with Crippen LogP contribution in [0.2, 0.25) is 0 Å². The second-order valence-corrected chi connectivity index (χ2v) is 5.40. The normalized spacial score (nSPS) is 10.7. The van der Waals surface area contributed by atoms with E-state index in [0.717, 1.165) is 4.68 Å². The Kier molecular flexibility index (Phi) is 5.51. The molecule has 2 N–H and O–H groups in total. The molecule has 0 unspecified atom stereocenters. The van der Waals surface area contributed by atoms with Crippen molar-refractivity contribution >= 4 is 22.6 Å². The van der Waals surface area contributed by atoms with Gasteiger partial charge in [0.25, 0.3) is 11.1 Å². The number of carbonyl (C=O) groups is 2. The number of benzene rings is 1. The summed E-state index contributed by atoms with van der Waals surface area (Å²) in [7, 11) is 0. The van der Waals surface area contributed by atoms with Gasteiger partial charge in [0.1, 0.15) is 6.54 Å². The van der Waals surface area contributed by atoms with Gasteiger partial charge < -0.3 is 10.0 Å². The molecule has 1 aromatic carbocycles. The van der Waals surface area contributed by atoms with Crippen molar-refractivity contribution in [1.82, 2.24) is 14.7 Å². The predicted molar refractivity (Wildman–Crippen MR) is 88.0 cm³/mol. The summed E-state index contributed by atoms with van der Waals surface area (Å²) in [6, 6.07) is 6.44. The van der Waals surface area contributed by atoms with Gasteiger partial charge >= 0.3 is 5.97 Å². The molecular formula is C16H19N3O5. The molecular weight excluding hydrogens is 314 g/mol. The fraction of sp³-hybridized carbons (Fsp3) is 0.375. The summed E-state index contributed by atoms with van der Waals surface area (Å²) >= 11 is 0. The van der Waals surface area contributed by atoms with Gasteiger partial charge in [-0.15, -0.1) is 0 Å². The van der Waals surface area contributed by atoms with Crippen molar-refractivity contribution in [2.45, 2.75) is 26.3 Å². The molecule has 2 aromatic rings. The van der Waals surface area contributed by atoms with Crippen LogP contribution in [0.3, 0.4) is 0 Å². The number of hydrogen-bond acceptors (Lipinski definition) is 4. The SMILES string of the molecule is CCCN(CC(=O)O)C(=O)CCn1[nH]c(=O)c2ccccc2c1=O. The number of hydrogen-bond donors (Lipinski definition) is 2. The Hall–Kier alpha value is -2.90. The molecule has 0 bridgehead atoms. The number of aliphatic carboxylic acids is 1. The zero-order valence-corrected chi connectivity index (χ0v) is 13.3. The van der Waals surface area contributed by atoms with Gasteiger partial charge in [0.15, 0.2) is 0 Å². The molecule has 0 fully saturated rings. The van der Waals surface area contributed by atoms with E-state index in [1.165, 1.54) is 4.90 Å². The average Bonchev–Trinajstić information content (AvgIpc) is 2.56. The van der Waals surface area contributed by atoms with Crippen molar-refractivity contribution in [2.24, 2.45) is 0 Å². The number of nitrogens with zero attached hydrogens (tertiary/aromatic N) is 2. The van der Waals surface area contributed by atoms with Crippen molar-refractivity contribution in [3.63, 3.8) is 0 Å². The minimum absolute atomic E-state index is 0.0163. The number of aryl methyl sites for hydroxylation is 1. The number of rotatable bonds is 7. The molecule has 0 atom stereocenters. The van der Waals surface area contributed by atoms with Gasteiger partial charge in [0, 0.05) is 13.0 Å². The molecule has 0 radical (unpaired) electrons. The molecule has 8 heteroatoms. The standard InChI is InChI=1S/C16H19N3O5/c1-2-8-18(10-14(21)22)13(20)7-9-19-16(24)12-6-4-3-5-11(12)15(23)17-19/h3-6H,2,7-10H2,1H3,(H,17,23)(H,21,22). The van der Waals surface area contributed by atoms with Crippen LogP contribution in [0, 0.1) is 0 Å². The van der Waals surface area contributed by atoms with E-state index in [4.69, 9.17) is 5.11 Å². The summed E-state index contributed by atoms with van der Waals surface area (Å²) in [6.45, 7) is 1.77. The van der Waals surface area contributed by atoms with Crippen LogP contribution in [0.4, 0.5) is 0 Å². The van der Waals surface area contributed by atoms with Crippen molar-refractivity contribution in [3.05, 3.63) is 45.0 Å². The number of carboxylic acid groups (broad SMARTS) is 1. The lowest BCUT2D eigenvalue weighted by Crippen LogP contribution is -2.38. The fourth-order valence-corrected chi connectivity index (χ4v) is 2.49. The predicted octanol–water partition coefficient (Wildman–Crippen LogP) is 0.403. The maximum absolute atomic E-state index is 12.3. The van der Waals surface area contributed by atoms with Gasteiger partial charge in [-0.1, -0.05) is 19.1 Å². The van der Waals surface area contributed by atoms with Crippen LogP contribution in [0.5, 0.6) is 0 Å². The monoisotopic (exact) mass is 333 g/mol. The largest absolute Gasteiger partial charge is 0.480 e. The zero-order chi connectivity index (χ0) is 17.7. The van der Waals surface area contributed by atoms with Gasteiger partial charge in [-0.05, 0) is 18.6 Å². The van der Waals surface area contributed by atoms with Gasteiger partial charge in [-0.25, -0.2) is 4.68 Å². The number of nitrogens with one attached hydrogen (secondary N) is 1. The van der Waals surface area contributed by atoms with Crippen molar-refractivity contribution in [3.8, 4) is 0 Å². The minimum Gasteiger partial charge on any atom is -0.480 e. The molecule has 8 nitrogen and oxygen atoms in total. The van der Waals surface area contributed by atoms with Crippen LogP contribution in [0.15, 0.2) is 33.9 Å². The molecule has 0 spiro atoms. The number of fused-ring (bicyclic) bond motifs is 1. The molecule has 2 rings (SSSR count). The van der Waals surface area contributed by atoms with Crippen LogP contribution in [-0.4, -0.2) is 44.8 Å². The average molecular weight is 333 g/mol. The molecule has 1 heterocycles. The lowest BCUT2D eigenvalue weighted by molar-refractivity contribution is -0.144. The third kappa shape index (κ3) is 3.89. The minimum atomic E-state index is -1.09. The maximum Gasteiger partial charge on any atom is 0.323 e. The van der Waals surface area contributed by atoms with Gasteiger partial charge in [-0.3, -0.25) is 24.3 Å². The summed E-state index contributed by atoms with van der Waals surface area (Å²) in [5, 5.41) is 11.9. The molecule has 0 aliphatic rings. The first-order valence-electron chi connectivity index (χ1n) is 7.65. The molecule has 24 heavy (non-hydrogen) atoms. The van der Waals surface area contributed by atoms with E-state index in [9.17, 15) is 19.2 Å². The smallest absolute Gasteiger partial charge is 0.323 e. The third-order valence-corrected chi connectivity index (χ3v) is 3.61. The van der Waals surface area contributed by atoms with Gasteiger partial charge in [0.2, 0.25) is 5.91 Å². The first kappa shape index (κ1) is 17.5. The second kappa shape index (κ2) is 7.58. The topological polar surface area (TPSA) is 112 Å². The maximum atomic E-state index is 12.3. The van der Waals surface area contributed by atoms with Crippen LogP contribution in [0.1, 0.15) is 19.8 Å². The van der Waals surface area contributed by atoms with Crippen LogP contribution < -0.4 is 11.1 Å². The van der Waals surface area contributed by atoms with Gasteiger partial charge in [0.05, 0.1) is 17.3 Å². The highest BCUT2D eigenvalue weighted by Gasteiger charge is 2.16. The Balaban J connectivity index is 2.19. The van der Waals surface area contributed by atoms with Gasteiger partial charge in [-0.2, -0.15) is 0 Å². The van der Waals surface area contributed by atoms with E-state index in [-0.39, 0.29) is 30.8 Å². The van der Waals surface area contributed by atoms with Crippen molar-refractivity contribution in [1.29, 1.82) is 0 Å². The van der Waals surface area contributed by atoms with Crippen molar-refractivity contribution in [2.75, 3.05) is 13.1 Å². The highest BCUT2D eigenvalue weighted by atomic mass is 16.4. The molecule has 0 saturated heterocycles. The Morgan fingerprint density at radius 2 is 1.88 bits per heavy atom. The molecule has 0 saturated carbocycles. The summed E-state index contributed by atoms with van der Waals surface area (Å²) in [6.07, 6.45) is 0.563. The van der Waals surface area contributed by atoms with E-state index in [0.29, 0.717) is 18.4 Å².